The smallest absolute Gasteiger partial charge is 0.246 e. The number of aryl methyl sites for hydroxylation is 1. The zero-order valence-electron chi connectivity index (χ0n) is 21.2. The van der Waals surface area contributed by atoms with Crippen LogP contribution in [0.15, 0.2) is 85.2 Å². The topological polar surface area (TPSA) is 77.3 Å². The third-order valence-corrected chi connectivity index (χ3v) is 6.94. The van der Waals surface area contributed by atoms with Crippen molar-refractivity contribution in [3.63, 3.8) is 0 Å². The Hall–Kier alpha value is -4.33. The van der Waals surface area contributed by atoms with Gasteiger partial charge in [0.25, 0.3) is 0 Å². The van der Waals surface area contributed by atoms with E-state index in [0.29, 0.717) is 24.5 Å². The van der Waals surface area contributed by atoms with Crippen LogP contribution in [0, 0.1) is 18.7 Å². The number of carbonyl (C=O) groups excluding carboxylic acids is 2. The molecule has 5 rings (SSSR count). The van der Waals surface area contributed by atoms with Crippen molar-refractivity contribution in [2.24, 2.45) is 5.92 Å². The highest BCUT2D eigenvalue weighted by Crippen LogP contribution is 2.29. The molecule has 4 aromatic rings. The Morgan fingerprint density at radius 2 is 1.61 bits per heavy atom. The molecule has 3 aromatic carbocycles. The summed E-state index contributed by atoms with van der Waals surface area (Å²) in [6.45, 7) is 2.61. The van der Waals surface area contributed by atoms with Gasteiger partial charge in [-0.15, -0.1) is 0 Å². The summed E-state index contributed by atoms with van der Waals surface area (Å²) in [6.07, 6.45) is 4.71. The molecule has 1 aliphatic heterocycles. The second-order valence-corrected chi connectivity index (χ2v) is 9.70. The lowest BCUT2D eigenvalue weighted by Gasteiger charge is -2.23. The van der Waals surface area contributed by atoms with E-state index in [1.807, 2.05) is 24.3 Å². The van der Waals surface area contributed by atoms with Crippen molar-refractivity contribution in [3.05, 3.63) is 108 Å². The second kappa shape index (κ2) is 11.4. The molecular formula is C30H29FN4O3. The number of halogens is 1. The van der Waals surface area contributed by atoms with Gasteiger partial charge in [-0.25, -0.2) is 4.39 Å². The third kappa shape index (κ3) is 6.14. The molecule has 0 aliphatic carbocycles. The molecule has 1 fully saturated rings. The van der Waals surface area contributed by atoms with Crippen molar-refractivity contribution in [2.45, 2.75) is 38.8 Å². The van der Waals surface area contributed by atoms with Gasteiger partial charge in [-0.3, -0.25) is 9.59 Å². The maximum Gasteiger partial charge on any atom is 0.246 e. The van der Waals surface area contributed by atoms with Crippen LogP contribution in [0.5, 0.6) is 11.5 Å². The first-order valence-corrected chi connectivity index (χ1v) is 12.7. The summed E-state index contributed by atoms with van der Waals surface area (Å²) in [6, 6.07) is 20.8. The lowest BCUT2D eigenvalue weighted by Crippen LogP contribution is -2.43. The summed E-state index contributed by atoms with van der Waals surface area (Å²) in [4.78, 5) is 29.8. The molecule has 0 spiro atoms. The predicted molar refractivity (Wildman–Crippen MR) is 140 cm³/mol. The highest BCUT2D eigenvalue weighted by atomic mass is 19.1. The van der Waals surface area contributed by atoms with E-state index in [0.717, 1.165) is 12.0 Å². The first kappa shape index (κ1) is 25.3. The van der Waals surface area contributed by atoms with Crippen molar-refractivity contribution in [3.8, 4) is 11.5 Å². The molecule has 0 bridgehead atoms. The molecule has 0 N–H and O–H groups in total. The number of carbonyl (C=O) groups is 2. The lowest BCUT2D eigenvalue weighted by molar-refractivity contribution is -0.138. The van der Waals surface area contributed by atoms with Crippen LogP contribution in [0.4, 0.5) is 4.39 Å². The summed E-state index contributed by atoms with van der Waals surface area (Å²) < 4.78 is 18.9. The first-order chi connectivity index (χ1) is 18.4. The van der Waals surface area contributed by atoms with Gasteiger partial charge in [0.2, 0.25) is 5.91 Å². The van der Waals surface area contributed by atoms with Crippen molar-refractivity contribution in [1.82, 2.24) is 19.9 Å². The highest BCUT2D eigenvalue weighted by Gasteiger charge is 2.39. The maximum atomic E-state index is 13.5. The molecule has 0 radical (unpaired) electrons. The Balaban J connectivity index is 1.27. The molecule has 2 atom stereocenters. The third-order valence-electron chi connectivity index (χ3n) is 6.94. The average molecular weight is 513 g/mol. The lowest BCUT2D eigenvalue weighted by atomic mass is 9.92. The van der Waals surface area contributed by atoms with Crippen LogP contribution in [-0.4, -0.2) is 44.2 Å². The van der Waals surface area contributed by atoms with Crippen LogP contribution in [-0.2, 0) is 29.0 Å². The molecule has 194 valence electrons. The zero-order chi connectivity index (χ0) is 26.5. The van der Waals surface area contributed by atoms with E-state index in [1.54, 1.807) is 29.2 Å². The molecule has 0 saturated carbocycles. The SMILES string of the molecule is Cc1ccccc1C[C@@H]1C[C@@H](C(=O)Cc2ccc(Oc3ccc(F)cc3)cc2)N(C(=O)Cn2nccn2)C1. The van der Waals surface area contributed by atoms with Crippen LogP contribution in [0.25, 0.3) is 0 Å². The Morgan fingerprint density at radius 3 is 2.29 bits per heavy atom. The number of amides is 1. The number of benzene rings is 3. The van der Waals surface area contributed by atoms with Gasteiger partial charge in [-0.1, -0.05) is 36.4 Å². The Bertz CT molecular complexity index is 1390. The number of ether oxygens (including phenoxy) is 1. The van der Waals surface area contributed by atoms with E-state index in [4.69, 9.17) is 4.74 Å². The summed E-state index contributed by atoms with van der Waals surface area (Å²) in [5, 5.41) is 8.10. The standard InChI is InChI=1S/C30H29FN4O3/c1-21-4-2-3-5-24(21)16-23-17-28(34(19-23)30(37)20-35-32-14-15-33-35)29(36)18-22-6-10-26(11-7-22)38-27-12-8-25(31)9-13-27/h2-15,23,28H,16-20H2,1H3/t23-,28+/m1/s1. The zero-order valence-corrected chi connectivity index (χ0v) is 21.2. The van der Waals surface area contributed by atoms with Gasteiger partial charge < -0.3 is 9.64 Å². The molecule has 1 saturated heterocycles. The minimum Gasteiger partial charge on any atom is -0.457 e. The van der Waals surface area contributed by atoms with Crippen LogP contribution in [0.1, 0.15) is 23.1 Å². The van der Waals surface area contributed by atoms with Gasteiger partial charge in [0, 0.05) is 13.0 Å². The van der Waals surface area contributed by atoms with Crippen LogP contribution < -0.4 is 4.74 Å². The number of nitrogens with zero attached hydrogens (tertiary/aromatic N) is 4. The molecule has 1 amide bonds. The predicted octanol–water partition coefficient (Wildman–Crippen LogP) is 4.79. The van der Waals surface area contributed by atoms with Gasteiger partial charge in [0.05, 0.1) is 18.4 Å². The van der Waals surface area contributed by atoms with Crippen molar-refractivity contribution in [2.75, 3.05) is 6.54 Å². The number of ketones is 1. The number of hydrogen-bond acceptors (Lipinski definition) is 5. The van der Waals surface area contributed by atoms with Gasteiger partial charge in [-0.05, 0) is 78.8 Å². The van der Waals surface area contributed by atoms with Crippen LogP contribution >= 0.6 is 0 Å². The fourth-order valence-electron chi connectivity index (χ4n) is 4.97. The molecule has 38 heavy (non-hydrogen) atoms. The van der Waals surface area contributed by atoms with E-state index in [-0.39, 0.29) is 36.4 Å². The minimum absolute atomic E-state index is 0.00326. The number of Topliss-reactive ketones (excluding diaryl/α,β-unsaturated/α-hetero) is 1. The summed E-state index contributed by atoms with van der Waals surface area (Å²) in [5.41, 5.74) is 3.29. The Labute approximate surface area is 220 Å². The second-order valence-electron chi connectivity index (χ2n) is 9.70. The van der Waals surface area contributed by atoms with E-state index in [2.05, 4.69) is 29.3 Å². The quantitative estimate of drug-likeness (QED) is 0.322. The molecule has 1 aromatic heterocycles. The van der Waals surface area contributed by atoms with Crippen molar-refractivity contribution < 1.29 is 18.7 Å². The number of likely N-dealkylation sites (tertiary alicyclic amines) is 1. The average Bonchev–Trinajstić information content (AvgIpc) is 3.58. The molecule has 1 aliphatic rings. The monoisotopic (exact) mass is 512 g/mol. The molecular weight excluding hydrogens is 483 g/mol. The summed E-state index contributed by atoms with van der Waals surface area (Å²) in [7, 11) is 0. The highest BCUT2D eigenvalue weighted by molar-refractivity contribution is 5.91. The minimum atomic E-state index is -0.498. The van der Waals surface area contributed by atoms with E-state index in [1.165, 1.54) is 40.4 Å². The van der Waals surface area contributed by atoms with Crippen molar-refractivity contribution in [1.29, 1.82) is 0 Å². The van der Waals surface area contributed by atoms with E-state index in [9.17, 15) is 14.0 Å². The van der Waals surface area contributed by atoms with E-state index >= 15 is 0 Å². The number of hydrogen-bond donors (Lipinski definition) is 0. The molecule has 8 heteroatoms. The molecule has 0 unspecified atom stereocenters. The van der Waals surface area contributed by atoms with Crippen LogP contribution in [0.2, 0.25) is 0 Å². The van der Waals surface area contributed by atoms with E-state index < -0.39 is 6.04 Å². The molecule has 7 nitrogen and oxygen atoms in total. The number of aromatic nitrogens is 3. The Kier molecular flexibility index (Phi) is 7.58. The first-order valence-electron chi connectivity index (χ1n) is 12.7. The normalized spacial score (nSPS) is 16.9. The summed E-state index contributed by atoms with van der Waals surface area (Å²) in [5.74, 6) is 0.831. The van der Waals surface area contributed by atoms with Gasteiger partial charge in [0.1, 0.15) is 23.9 Å². The van der Waals surface area contributed by atoms with Crippen molar-refractivity contribution >= 4 is 11.7 Å². The maximum absolute atomic E-state index is 13.5. The fraction of sp³-hybridized carbons (Fsp3) is 0.267. The molecule has 2 heterocycles. The Morgan fingerprint density at radius 1 is 0.947 bits per heavy atom. The van der Waals surface area contributed by atoms with Gasteiger partial charge in [-0.2, -0.15) is 15.0 Å². The van der Waals surface area contributed by atoms with Crippen LogP contribution in [0.3, 0.4) is 0 Å². The fourth-order valence-corrected chi connectivity index (χ4v) is 4.97. The van der Waals surface area contributed by atoms with Gasteiger partial charge >= 0.3 is 0 Å². The largest absolute Gasteiger partial charge is 0.457 e. The number of rotatable bonds is 9. The van der Waals surface area contributed by atoms with Gasteiger partial charge in [0.15, 0.2) is 5.78 Å². The summed E-state index contributed by atoms with van der Waals surface area (Å²) >= 11 is 0.